The number of aliphatic carboxylic acids is 1. The van der Waals surface area contributed by atoms with Crippen molar-refractivity contribution in [3.63, 3.8) is 0 Å². The van der Waals surface area contributed by atoms with E-state index in [1.165, 1.54) is 17.4 Å². The van der Waals surface area contributed by atoms with Crippen LogP contribution in [0.1, 0.15) is 10.4 Å². The molecule has 1 heterocycles. The van der Waals surface area contributed by atoms with Crippen molar-refractivity contribution < 1.29 is 14.6 Å². The zero-order valence-corrected chi connectivity index (χ0v) is 10.3. The Morgan fingerprint density at radius 1 is 1.50 bits per heavy atom. The fraction of sp³-hybridized carbons (Fsp3) is 0.0769. The maximum atomic E-state index is 10.4. The Hall–Kier alpha value is -2.14. The molecule has 92 valence electrons. The van der Waals surface area contributed by atoms with Crippen LogP contribution in [0.2, 0.25) is 0 Å². The third kappa shape index (κ3) is 3.71. The Morgan fingerprint density at radius 3 is 3.11 bits per heavy atom. The minimum absolute atomic E-state index is 0.469. The summed E-state index contributed by atoms with van der Waals surface area (Å²) in [4.78, 5) is 15.4. The summed E-state index contributed by atoms with van der Waals surface area (Å²) in [5, 5.41) is 8.55. The SMILES string of the molecule is O=C(O)/C=C/c1cccc(OCc2cncs2)c1. The van der Waals surface area contributed by atoms with E-state index in [9.17, 15) is 4.79 Å². The van der Waals surface area contributed by atoms with Gasteiger partial charge in [-0.3, -0.25) is 4.98 Å². The molecule has 5 heteroatoms. The maximum absolute atomic E-state index is 10.4. The molecule has 1 N–H and O–H groups in total. The summed E-state index contributed by atoms with van der Waals surface area (Å²) in [6, 6.07) is 7.27. The van der Waals surface area contributed by atoms with Gasteiger partial charge >= 0.3 is 5.97 Å². The van der Waals surface area contributed by atoms with Gasteiger partial charge in [0, 0.05) is 12.3 Å². The number of hydrogen-bond donors (Lipinski definition) is 1. The normalized spacial score (nSPS) is 10.7. The number of rotatable bonds is 5. The number of benzene rings is 1. The first-order valence-corrected chi connectivity index (χ1v) is 6.13. The molecular weight excluding hydrogens is 250 g/mol. The molecule has 4 nitrogen and oxygen atoms in total. The molecule has 18 heavy (non-hydrogen) atoms. The third-order valence-corrected chi connectivity index (χ3v) is 2.89. The highest BCUT2D eigenvalue weighted by Crippen LogP contribution is 2.17. The molecule has 0 aliphatic rings. The van der Waals surface area contributed by atoms with Crippen LogP contribution < -0.4 is 4.74 Å². The van der Waals surface area contributed by atoms with Crippen LogP contribution >= 0.6 is 11.3 Å². The predicted octanol–water partition coefficient (Wildman–Crippen LogP) is 2.82. The highest BCUT2D eigenvalue weighted by Gasteiger charge is 1.98. The molecule has 0 spiro atoms. The summed E-state index contributed by atoms with van der Waals surface area (Å²) in [5.41, 5.74) is 2.55. The monoisotopic (exact) mass is 261 g/mol. The van der Waals surface area contributed by atoms with E-state index in [1.807, 2.05) is 18.2 Å². The second-order valence-electron chi connectivity index (χ2n) is 3.50. The summed E-state index contributed by atoms with van der Waals surface area (Å²) < 4.78 is 5.59. The average Bonchev–Trinajstić information content (AvgIpc) is 2.87. The van der Waals surface area contributed by atoms with Crippen LogP contribution in [0.5, 0.6) is 5.75 Å². The number of carboxylic acid groups (broad SMARTS) is 1. The van der Waals surface area contributed by atoms with Gasteiger partial charge in [0.25, 0.3) is 0 Å². The van der Waals surface area contributed by atoms with Gasteiger partial charge in [-0.15, -0.1) is 11.3 Å². The van der Waals surface area contributed by atoms with Crippen molar-refractivity contribution in [1.29, 1.82) is 0 Å². The maximum Gasteiger partial charge on any atom is 0.328 e. The minimum Gasteiger partial charge on any atom is -0.488 e. The molecule has 0 fully saturated rings. The van der Waals surface area contributed by atoms with Crippen molar-refractivity contribution >= 4 is 23.4 Å². The molecule has 0 saturated heterocycles. The fourth-order valence-corrected chi connectivity index (χ4v) is 1.85. The van der Waals surface area contributed by atoms with Gasteiger partial charge in [0.2, 0.25) is 0 Å². The van der Waals surface area contributed by atoms with E-state index in [4.69, 9.17) is 9.84 Å². The van der Waals surface area contributed by atoms with Crippen LogP contribution in [0.4, 0.5) is 0 Å². The second kappa shape index (κ2) is 5.97. The van der Waals surface area contributed by atoms with Gasteiger partial charge in [0.1, 0.15) is 12.4 Å². The number of ether oxygens (including phenoxy) is 1. The van der Waals surface area contributed by atoms with Crippen molar-refractivity contribution in [3.8, 4) is 5.75 Å². The average molecular weight is 261 g/mol. The summed E-state index contributed by atoms with van der Waals surface area (Å²) in [6.07, 6.45) is 4.39. The number of nitrogens with zero attached hydrogens (tertiary/aromatic N) is 1. The highest BCUT2D eigenvalue weighted by atomic mass is 32.1. The molecule has 0 amide bonds. The first kappa shape index (κ1) is 12.3. The third-order valence-electron chi connectivity index (χ3n) is 2.14. The fourth-order valence-electron chi connectivity index (χ4n) is 1.34. The summed E-state index contributed by atoms with van der Waals surface area (Å²) >= 11 is 1.53. The summed E-state index contributed by atoms with van der Waals surface area (Å²) in [6.45, 7) is 0.469. The molecule has 0 unspecified atom stereocenters. The van der Waals surface area contributed by atoms with Gasteiger partial charge in [-0.05, 0) is 23.8 Å². The lowest BCUT2D eigenvalue weighted by atomic mass is 10.2. The quantitative estimate of drug-likeness (QED) is 0.841. The second-order valence-corrected chi connectivity index (χ2v) is 4.47. The van der Waals surface area contributed by atoms with Crippen LogP contribution in [0.15, 0.2) is 42.0 Å². The van der Waals surface area contributed by atoms with E-state index >= 15 is 0 Å². The lowest BCUT2D eigenvalue weighted by molar-refractivity contribution is -0.131. The smallest absolute Gasteiger partial charge is 0.328 e. The predicted molar refractivity (Wildman–Crippen MR) is 69.6 cm³/mol. The Bertz CT molecular complexity index is 549. The lowest BCUT2D eigenvalue weighted by Crippen LogP contribution is -1.93. The number of aromatic nitrogens is 1. The van der Waals surface area contributed by atoms with Crippen LogP contribution in [0.25, 0.3) is 6.08 Å². The van der Waals surface area contributed by atoms with E-state index in [0.29, 0.717) is 12.4 Å². The molecule has 0 radical (unpaired) electrons. The van der Waals surface area contributed by atoms with E-state index < -0.39 is 5.97 Å². The summed E-state index contributed by atoms with van der Waals surface area (Å²) in [5.74, 6) is -0.262. The Morgan fingerprint density at radius 2 is 2.39 bits per heavy atom. The van der Waals surface area contributed by atoms with Crippen molar-refractivity contribution in [1.82, 2.24) is 4.98 Å². The van der Waals surface area contributed by atoms with Crippen LogP contribution in [0, 0.1) is 0 Å². The number of carboxylic acids is 1. The van der Waals surface area contributed by atoms with Gasteiger partial charge in [-0.25, -0.2) is 4.79 Å². The van der Waals surface area contributed by atoms with E-state index in [2.05, 4.69) is 4.98 Å². The zero-order chi connectivity index (χ0) is 12.8. The van der Waals surface area contributed by atoms with E-state index in [-0.39, 0.29) is 0 Å². The Labute approximate surface area is 108 Å². The minimum atomic E-state index is -0.967. The van der Waals surface area contributed by atoms with Crippen LogP contribution in [-0.2, 0) is 11.4 Å². The van der Waals surface area contributed by atoms with E-state index in [0.717, 1.165) is 16.5 Å². The number of hydrogen-bond acceptors (Lipinski definition) is 4. The molecule has 0 atom stereocenters. The number of carbonyl (C=O) groups is 1. The molecule has 1 aromatic heterocycles. The molecule has 1 aromatic carbocycles. The molecule has 0 aliphatic heterocycles. The lowest BCUT2D eigenvalue weighted by Gasteiger charge is -2.04. The summed E-state index contributed by atoms with van der Waals surface area (Å²) in [7, 11) is 0. The Kier molecular flexibility index (Phi) is 4.09. The van der Waals surface area contributed by atoms with Gasteiger partial charge in [-0.1, -0.05) is 12.1 Å². The molecule has 0 bridgehead atoms. The van der Waals surface area contributed by atoms with Crippen molar-refractivity contribution in [2.75, 3.05) is 0 Å². The first-order chi connectivity index (χ1) is 8.74. The first-order valence-electron chi connectivity index (χ1n) is 5.25. The largest absolute Gasteiger partial charge is 0.488 e. The van der Waals surface area contributed by atoms with Crippen LogP contribution in [-0.4, -0.2) is 16.1 Å². The van der Waals surface area contributed by atoms with Crippen molar-refractivity contribution in [2.24, 2.45) is 0 Å². The standard InChI is InChI=1S/C13H11NO3S/c15-13(16)5-4-10-2-1-3-11(6-10)17-8-12-7-14-9-18-12/h1-7,9H,8H2,(H,15,16)/b5-4+. The molecule has 0 saturated carbocycles. The zero-order valence-electron chi connectivity index (χ0n) is 9.45. The number of thiazole rings is 1. The van der Waals surface area contributed by atoms with Crippen LogP contribution in [0.3, 0.4) is 0 Å². The molecule has 2 rings (SSSR count). The van der Waals surface area contributed by atoms with Gasteiger partial charge in [-0.2, -0.15) is 0 Å². The topological polar surface area (TPSA) is 59.4 Å². The van der Waals surface area contributed by atoms with E-state index in [1.54, 1.807) is 17.8 Å². The highest BCUT2D eigenvalue weighted by molar-refractivity contribution is 7.09. The van der Waals surface area contributed by atoms with Gasteiger partial charge in [0.15, 0.2) is 0 Å². The molecule has 2 aromatic rings. The van der Waals surface area contributed by atoms with Crippen molar-refractivity contribution in [2.45, 2.75) is 6.61 Å². The molecule has 0 aliphatic carbocycles. The van der Waals surface area contributed by atoms with Gasteiger partial charge < -0.3 is 9.84 Å². The van der Waals surface area contributed by atoms with Gasteiger partial charge in [0.05, 0.1) is 10.4 Å². The Balaban J connectivity index is 2.01. The molecular formula is C13H11NO3S. The van der Waals surface area contributed by atoms with Crippen molar-refractivity contribution in [3.05, 3.63) is 52.5 Å².